The Bertz CT molecular complexity index is 1140. The van der Waals surface area contributed by atoms with Crippen molar-refractivity contribution in [3.63, 3.8) is 0 Å². The molecule has 0 aromatic carbocycles. The van der Waals surface area contributed by atoms with Crippen molar-refractivity contribution in [2.75, 3.05) is 0 Å². The van der Waals surface area contributed by atoms with Gasteiger partial charge in [-0.25, -0.2) is 4.79 Å². The van der Waals surface area contributed by atoms with Crippen molar-refractivity contribution < 1.29 is 32.0 Å². The predicted molar refractivity (Wildman–Crippen MR) is 257 cm³/mol. The zero-order chi connectivity index (χ0) is 43.4. The van der Waals surface area contributed by atoms with E-state index >= 15 is 0 Å². The van der Waals surface area contributed by atoms with E-state index < -0.39 is 33.3 Å². The van der Waals surface area contributed by atoms with E-state index in [-0.39, 0.29) is 42.6 Å². The molecule has 2 aliphatic rings. The number of carbonyl (C=O) groups is 1. The molecule has 1 fully saturated rings. The number of rotatable bonds is 34. The van der Waals surface area contributed by atoms with Gasteiger partial charge in [-0.05, 0) is 137 Å². The Labute approximate surface area is 364 Å². The molecule has 7 nitrogen and oxygen atoms in total. The molecule has 0 bridgehead atoms. The van der Waals surface area contributed by atoms with Gasteiger partial charge in [0, 0.05) is 18.1 Å². The van der Waals surface area contributed by atoms with Crippen LogP contribution in [0.2, 0.25) is 78.6 Å². The number of hydrogen-bond donors (Lipinski definition) is 0. The largest absolute Gasteiger partial charge is 0.455 e. The van der Waals surface area contributed by atoms with E-state index in [2.05, 4.69) is 85.5 Å². The molecule has 0 aromatic rings. The van der Waals surface area contributed by atoms with Crippen molar-refractivity contribution in [1.82, 2.24) is 0 Å². The Kier molecular flexibility index (Phi) is 25.3. The molecule has 0 N–H and O–H groups in total. The Morgan fingerprint density at radius 2 is 1.07 bits per heavy atom. The lowest BCUT2D eigenvalue weighted by Crippen LogP contribution is -2.46. The maximum atomic E-state index is 12.3. The first kappa shape index (κ1) is 54.0. The van der Waals surface area contributed by atoms with Gasteiger partial charge in [-0.15, -0.1) is 0 Å². The number of unbranched alkanes of at least 4 members (excludes halogenated alkanes) is 13. The summed E-state index contributed by atoms with van der Waals surface area (Å²) >= 11 is 0. The number of carbonyl (C=O) groups excluding carboxylic acids is 1. The number of hydrogen-bond acceptors (Lipinski definition) is 7. The van der Waals surface area contributed by atoms with Crippen molar-refractivity contribution >= 4 is 39.2 Å². The standard InChI is InChI=1S/C47H96O7Si4/c1-15-16-17-18-19-20-21-22-23-24-25-29-32-44(52-56(6,7)8)46(54-58(12,13)14)36-35-45(53-57(9,10)11)43-34-33-41(50-43)30-27-26-28-31-42(51-55(3,4)5)38-40-37-39(2)49-47(40)48/h37,39,41-46H,15-36,38H2,1-14H3/t39?,41-,42?,43+,44?,45+,46?/m0/s1. The molecule has 2 aliphatic heterocycles. The van der Waals surface area contributed by atoms with Crippen LogP contribution in [0, 0.1) is 0 Å². The minimum absolute atomic E-state index is 0.0800. The molecule has 0 aliphatic carbocycles. The average Bonchev–Trinajstić information content (AvgIpc) is 3.68. The van der Waals surface area contributed by atoms with Gasteiger partial charge in [0.15, 0.2) is 33.3 Å². The molecule has 0 amide bonds. The molecule has 0 radical (unpaired) electrons. The van der Waals surface area contributed by atoms with Crippen LogP contribution in [0.5, 0.6) is 0 Å². The molecule has 342 valence electrons. The third kappa shape index (κ3) is 26.4. The normalized spacial score (nSPS) is 21.6. The Morgan fingerprint density at radius 1 is 0.586 bits per heavy atom. The van der Waals surface area contributed by atoms with Crippen LogP contribution in [0.15, 0.2) is 11.6 Å². The molecule has 2 rings (SSSR count). The fraction of sp³-hybridized carbons (Fsp3) is 0.936. The number of esters is 1. The zero-order valence-corrected chi connectivity index (χ0v) is 44.7. The minimum Gasteiger partial charge on any atom is -0.455 e. The minimum atomic E-state index is -1.82. The van der Waals surface area contributed by atoms with E-state index in [9.17, 15) is 4.79 Å². The van der Waals surface area contributed by atoms with Crippen LogP contribution in [-0.2, 0) is 32.0 Å². The molecule has 11 heteroatoms. The maximum absolute atomic E-state index is 12.3. The molecule has 0 aromatic heterocycles. The summed E-state index contributed by atoms with van der Waals surface area (Å²) in [6.45, 7) is 31.9. The smallest absolute Gasteiger partial charge is 0.334 e. The molecule has 7 atom stereocenters. The van der Waals surface area contributed by atoms with E-state index in [1.54, 1.807) is 0 Å². The summed E-state index contributed by atoms with van der Waals surface area (Å²) in [7, 11) is -7.15. The van der Waals surface area contributed by atoms with Crippen LogP contribution in [0.1, 0.15) is 162 Å². The highest BCUT2D eigenvalue weighted by atomic mass is 28.4. The molecule has 2 heterocycles. The third-order valence-electron chi connectivity index (χ3n) is 11.1. The van der Waals surface area contributed by atoms with Crippen molar-refractivity contribution in [3.8, 4) is 0 Å². The summed E-state index contributed by atoms with van der Waals surface area (Å²) < 4.78 is 39.8. The molecule has 1 saturated heterocycles. The van der Waals surface area contributed by atoms with Gasteiger partial charge in [-0.1, -0.05) is 103 Å². The monoisotopic (exact) mass is 885 g/mol. The second-order valence-corrected chi connectivity index (χ2v) is 39.8. The quantitative estimate of drug-likeness (QED) is 0.0362. The van der Waals surface area contributed by atoms with Gasteiger partial charge in [-0.2, -0.15) is 0 Å². The maximum Gasteiger partial charge on any atom is 0.334 e. The van der Waals surface area contributed by atoms with Gasteiger partial charge < -0.3 is 27.2 Å². The van der Waals surface area contributed by atoms with E-state index in [1.807, 2.05) is 13.0 Å². The van der Waals surface area contributed by atoms with Crippen molar-refractivity contribution in [1.29, 1.82) is 0 Å². The van der Waals surface area contributed by atoms with E-state index in [1.165, 1.54) is 77.0 Å². The lowest BCUT2D eigenvalue weighted by molar-refractivity contribution is -0.139. The fourth-order valence-electron chi connectivity index (χ4n) is 8.71. The van der Waals surface area contributed by atoms with E-state index in [0.717, 1.165) is 69.8 Å². The van der Waals surface area contributed by atoms with E-state index in [0.29, 0.717) is 12.5 Å². The highest BCUT2D eigenvalue weighted by Gasteiger charge is 2.38. The summed E-state index contributed by atoms with van der Waals surface area (Å²) in [6, 6.07) is 0. The summed E-state index contributed by atoms with van der Waals surface area (Å²) in [5, 5.41) is 0. The second kappa shape index (κ2) is 27.1. The SMILES string of the molecule is CCCCCCCCCCCCCCC(O[Si](C)(C)C)C(CC[C@@H](O[Si](C)(C)C)[C@H]1CC[C@H](CCCCCC(CC2=CC(C)OC2=O)O[Si](C)(C)C)O1)O[Si](C)(C)C. The lowest BCUT2D eigenvalue weighted by atomic mass is 9.97. The Balaban J connectivity index is 1.93. The van der Waals surface area contributed by atoms with Crippen molar-refractivity contribution in [2.24, 2.45) is 0 Å². The highest BCUT2D eigenvalue weighted by Crippen LogP contribution is 2.33. The molecule has 0 spiro atoms. The van der Waals surface area contributed by atoms with Gasteiger partial charge in [0.1, 0.15) is 6.10 Å². The topological polar surface area (TPSA) is 72.5 Å². The van der Waals surface area contributed by atoms with Gasteiger partial charge in [-0.3, -0.25) is 0 Å². The zero-order valence-electron chi connectivity index (χ0n) is 40.7. The summed E-state index contributed by atoms with van der Waals surface area (Å²) in [6.07, 6.45) is 30.5. The van der Waals surface area contributed by atoms with Gasteiger partial charge in [0.05, 0.1) is 30.5 Å². The van der Waals surface area contributed by atoms with Crippen LogP contribution in [0.25, 0.3) is 0 Å². The first-order valence-corrected chi connectivity index (χ1v) is 38.0. The molecule has 4 unspecified atom stereocenters. The van der Waals surface area contributed by atoms with Crippen LogP contribution < -0.4 is 0 Å². The van der Waals surface area contributed by atoms with Gasteiger partial charge in [0.2, 0.25) is 0 Å². The van der Waals surface area contributed by atoms with Gasteiger partial charge >= 0.3 is 5.97 Å². The summed E-state index contributed by atoms with van der Waals surface area (Å²) in [5.41, 5.74) is 0.785. The fourth-order valence-corrected chi connectivity index (χ4v) is 13.4. The highest BCUT2D eigenvalue weighted by molar-refractivity contribution is 6.70. The molecular formula is C47H96O7Si4. The van der Waals surface area contributed by atoms with Crippen LogP contribution in [-0.4, -0.2) is 82.0 Å². The molecule has 58 heavy (non-hydrogen) atoms. The van der Waals surface area contributed by atoms with Crippen LogP contribution in [0.3, 0.4) is 0 Å². The van der Waals surface area contributed by atoms with E-state index in [4.69, 9.17) is 27.2 Å². The Hall–Kier alpha value is -0.122. The lowest BCUT2D eigenvalue weighted by Gasteiger charge is -2.38. The first-order chi connectivity index (χ1) is 27.0. The average molecular weight is 886 g/mol. The predicted octanol–water partition coefficient (Wildman–Crippen LogP) is 14.5. The second-order valence-electron chi connectivity index (χ2n) is 21.9. The Morgan fingerprint density at radius 3 is 1.57 bits per heavy atom. The third-order valence-corrected chi connectivity index (χ3v) is 15.1. The van der Waals surface area contributed by atoms with Crippen molar-refractivity contribution in [2.45, 2.75) is 283 Å². The molecular weight excluding hydrogens is 789 g/mol. The summed E-state index contributed by atoms with van der Waals surface area (Å²) in [4.78, 5) is 12.3. The first-order valence-electron chi connectivity index (χ1n) is 24.3. The summed E-state index contributed by atoms with van der Waals surface area (Å²) in [5.74, 6) is -0.172. The van der Waals surface area contributed by atoms with Crippen LogP contribution in [0.4, 0.5) is 0 Å². The molecule has 0 saturated carbocycles. The number of ether oxygens (including phenoxy) is 2. The van der Waals surface area contributed by atoms with Crippen molar-refractivity contribution in [3.05, 3.63) is 11.6 Å². The van der Waals surface area contributed by atoms with Crippen LogP contribution >= 0.6 is 0 Å². The number of cyclic esters (lactones) is 1. The van der Waals surface area contributed by atoms with Gasteiger partial charge in [0.25, 0.3) is 0 Å².